The van der Waals surface area contributed by atoms with Gasteiger partial charge in [-0.2, -0.15) is 0 Å². The van der Waals surface area contributed by atoms with Gasteiger partial charge in [-0.15, -0.1) is 5.10 Å². The molecule has 1 atom stereocenters. The number of carbonyl (C=O) groups excluding carboxylic acids is 1. The molecule has 1 unspecified atom stereocenters. The Morgan fingerprint density at radius 2 is 2.22 bits per heavy atom. The van der Waals surface area contributed by atoms with E-state index in [2.05, 4.69) is 15.6 Å². The van der Waals surface area contributed by atoms with Gasteiger partial charge in [0, 0.05) is 5.56 Å². The van der Waals surface area contributed by atoms with E-state index in [0.717, 1.165) is 10.9 Å². The third-order valence-electron chi connectivity index (χ3n) is 3.10. The van der Waals surface area contributed by atoms with Gasteiger partial charge in [-0.1, -0.05) is 5.21 Å². The topological polar surface area (TPSA) is 106 Å². The fraction of sp³-hybridized carbons (Fsp3) is 0.286. The Kier molecular flexibility index (Phi) is 4.89. The summed E-state index contributed by atoms with van der Waals surface area (Å²) in [6, 6.07) is 3.52. The Morgan fingerprint density at radius 3 is 2.83 bits per heavy atom. The number of amides is 1. The number of rotatable bonds is 6. The summed E-state index contributed by atoms with van der Waals surface area (Å²) in [7, 11) is 1.45. The molecule has 1 amide bonds. The predicted octanol–water partition coefficient (Wildman–Crippen LogP) is 1.00. The van der Waals surface area contributed by atoms with Crippen LogP contribution in [0, 0.1) is 5.82 Å². The highest BCUT2D eigenvalue weighted by atomic mass is 19.1. The van der Waals surface area contributed by atoms with Gasteiger partial charge in [0.2, 0.25) is 5.91 Å². The van der Waals surface area contributed by atoms with Gasteiger partial charge in [0.15, 0.2) is 5.69 Å². The molecule has 1 heterocycles. The van der Waals surface area contributed by atoms with Crippen molar-refractivity contribution in [3.05, 3.63) is 41.5 Å². The van der Waals surface area contributed by atoms with Crippen molar-refractivity contribution < 1.29 is 23.8 Å². The molecule has 2 aromatic rings. The minimum Gasteiger partial charge on any atom is -0.496 e. The molecule has 0 saturated heterocycles. The van der Waals surface area contributed by atoms with Crippen molar-refractivity contribution in [3.63, 3.8) is 0 Å². The molecule has 1 aromatic carbocycles. The lowest BCUT2D eigenvalue weighted by atomic mass is 10.1. The molecule has 23 heavy (non-hydrogen) atoms. The largest absolute Gasteiger partial charge is 0.496 e. The van der Waals surface area contributed by atoms with Crippen molar-refractivity contribution >= 4 is 11.9 Å². The maximum absolute atomic E-state index is 13.4. The van der Waals surface area contributed by atoms with Gasteiger partial charge in [-0.05, 0) is 25.1 Å². The highest BCUT2D eigenvalue weighted by Gasteiger charge is 2.16. The van der Waals surface area contributed by atoms with Crippen LogP contribution in [-0.2, 0) is 11.3 Å². The van der Waals surface area contributed by atoms with Crippen LogP contribution in [0.1, 0.15) is 29.0 Å². The third-order valence-corrected chi connectivity index (χ3v) is 3.10. The molecule has 0 spiro atoms. The number of aromatic carboxylic acids is 1. The quantitative estimate of drug-likeness (QED) is 0.822. The van der Waals surface area contributed by atoms with Crippen LogP contribution in [0.25, 0.3) is 0 Å². The number of carboxylic acids is 1. The van der Waals surface area contributed by atoms with Crippen molar-refractivity contribution in [2.75, 3.05) is 7.11 Å². The minimum atomic E-state index is -1.23. The molecule has 2 rings (SSSR count). The molecule has 2 N–H and O–H groups in total. The maximum Gasteiger partial charge on any atom is 0.358 e. The smallest absolute Gasteiger partial charge is 0.358 e. The van der Waals surface area contributed by atoms with E-state index in [4.69, 9.17) is 9.84 Å². The van der Waals surface area contributed by atoms with Crippen LogP contribution in [-0.4, -0.2) is 39.1 Å². The summed E-state index contributed by atoms with van der Waals surface area (Å²) in [4.78, 5) is 22.7. The summed E-state index contributed by atoms with van der Waals surface area (Å²) in [5.41, 5.74) is 0.239. The second kappa shape index (κ2) is 6.86. The van der Waals surface area contributed by atoms with E-state index in [-0.39, 0.29) is 12.2 Å². The van der Waals surface area contributed by atoms with Crippen LogP contribution in [0.5, 0.6) is 5.75 Å². The summed E-state index contributed by atoms with van der Waals surface area (Å²) < 4.78 is 19.6. The summed E-state index contributed by atoms with van der Waals surface area (Å²) in [6.07, 6.45) is 1.15. The molecule has 0 fully saturated rings. The Labute approximate surface area is 130 Å². The predicted molar refractivity (Wildman–Crippen MR) is 76.5 cm³/mol. The van der Waals surface area contributed by atoms with E-state index in [1.54, 1.807) is 6.92 Å². The number of aromatic nitrogens is 3. The average molecular weight is 322 g/mol. The van der Waals surface area contributed by atoms with E-state index >= 15 is 0 Å². The first-order chi connectivity index (χ1) is 10.9. The number of hydrogen-bond donors (Lipinski definition) is 2. The van der Waals surface area contributed by atoms with Crippen molar-refractivity contribution in [2.24, 2.45) is 0 Å². The Hall–Kier alpha value is -2.97. The highest BCUT2D eigenvalue weighted by molar-refractivity contribution is 5.84. The molecular weight excluding hydrogens is 307 g/mol. The van der Waals surface area contributed by atoms with Crippen molar-refractivity contribution in [1.82, 2.24) is 20.3 Å². The molecule has 0 bridgehead atoms. The number of carboxylic acid groups (broad SMARTS) is 1. The molecular formula is C14H15FN4O4. The number of benzene rings is 1. The first kappa shape index (κ1) is 16.4. The fourth-order valence-corrected chi connectivity index (χ4v) is 2.03. The summed E-state index contributed by atoms with van der Waals surface area (Å²) >= 11 is 0. The average Bonchev–Trinajstić information content (AvgIpc) is 2.95. The molecule has 0 aliphatic rings. The maximum atomic E-state index is 13.4. The number of halogens is 1. The SMILES string of the molecule is COc1ccc(F)cc1C(C)NC(=O)Cn1cc(C(=O)O)nn1. The molecule has 8 nitrogen and oxygen atoms in total. The van der Waals surface area contributed by atoms with Crippen LogP contribution in [0.3, 0.4) is 0 Å². The normalized spacial score (nSPS) is 11.8. The van der Waals surface area contributed by atoms with Gasteiger partial charge in [-0.25, -0.2) is 13.9 Å². The number of nitrogens with one attached hydrogen (secondary N) is 1. The van der Waals surface area contributed by atoms with Crippen molar-refractivity contribution in [3.8, 4) is 5.75 Å². The first-order valence-electron chi connectivity index (χ1n) is 6.67. The first-order valence-corrected chi connectivity index (χ1v) is 6.67. The van der Waals surface area contributed by atoms with Crippen LogP contribution in [0.2, 0.25) is 0 Å². The standard InChI is InChI=1S/C14H15FN4O4/c1-8(10-5-9(15)3-4-12(10)23-2)16-13(20)7-19-6-11(14(21)22)17-18-19/h3-6,8H,7H2,1-2H3,(H,16,20)(H,21,22). The lowest BCUT2D eigenvalue weighted by Crippen LogP contribution is -2.30. The number of methoxy groups -OCH3 is 1. The second-order valence-electron chi connectivity index (χ2n) is 4.78. The van der Waals surface area contributed by atoms with E-state index in [1.165, 1.54) is 25.3 Å². The van der Waals surface area contributed by atoms with Gasteiger partial charge in [0.25, 0.3) is 0 Å². The zero-order valence-electron chi connectivity index (χ0n) is 12.5. The fourth-order valence-electron chi connectivity index (χ4n) is 2.03. The van der Waals surface area contributed by atoms with Gasteiger partial charge in [0.1, 0.15) is 18.1 Å². The lowest BCUT2D eigenvalue weighted by molar-refractivity contribution is -0.122. The van der Waals surface area contributed by atoms with E-state index in [1.807, 2.05) is 0 Å². The van der Waals surface area contributed by atoms with E-state index in [9.17, 15) is 14.0 Å². The number of ether oxygens (including phenoxy) is 1. The summed E-state index contributed by atoms with van der Waals surface area (Å²) in [5, 5.41) is 18.4. The molecule has 122 valence electrons. The van der Waals surface area contributed by atoms with Gasteiger partial charge < -0.3 is 15.2 Å². The summed E-state index contributed by atoms with van der Waals surface area (Å²) in [6.45, 7) is 1.47. The number of nitrogens with zero attached hydrogens (tertiary/aromatic N) is 3. The monoisotopic (exact) mass is 322 g/mol. The molecule has 1 aromatic heterocycles. The molecule has 0 aliphatic heterocycles. The molecule has 0 radical (unpaired) electrons. The van der Waals surface area contributed by atoms with E-state index < -0.39 is 23.7 Å². The van der Waals surface area contributed by atoms with Gasteiger partial charge >= 0.3 is 5.97 Å². The van der Waals surface area contributed by atoms with Crippen LogP contribution in [0.15, 0.2) is 24.4 Å². The Bertz CT molecular complexity index is 731. The van der Waals surface area contributed by atoms with Gasteiger partial charge in [-0.3, -0.25) is 4.79 Å². The Morgan fingerprint density at radius 1 is 1.48 bits per heavy atom. The zero-order valence-corrected chi connectivity index (χ0v) is 12.5. The van der Waals surface area contributed by atoms with Crippen LogP contribution in [0.4, 0.5) is 4.39 Å². The van der Waals surface area contributed by atoms with Crippen LogP contribution >= 0.6 is 0 Å². The molecule has 9 heteroatoms. The molecule has 0 aliphatic carbocycles. The lowest BCUT2D eigenvalue weighted by Gasteiger charge is -2.17. The zero-order chi connectivity index (χ0) is 17.0. The number of hydrogen-bond acceptors (Lipinski definition) is 5. The van der Waals surface area contributed by atoms with Crippen LogP contribution < -0.4 is 10.1 Å². The number of carbonyl (C=O) groups is 2. The van der Waals surface area contributed by atoms with Crippen molar-refractivity contribution in [2.45, 2.75) is 19.5 Å². The summed E-state index contributed by atoms with van der Waals surface area (Å²) in [5.74, 6) is -1.64. The minimum absolute atomic E-state index is 0.206. The highest BCUT2D eigenvalue weighted by Crippen LogP contribution is 2.25. The van der Waals surface area contributed by atoms with Gasteiger partial charge in [0.05, 0.1) is 19.3 Å². The second-order valence-corrected chi connectivity index (χ2v) is 4.78. The third kappa shape index (κ3) is 4.02. The molecule has 0 saturated carbocycles. The Balaban J connectivity index is 2.04. The van der Waals surface area contributed by atoms with Crippen molar-refractivity contribution in [1.29, 1.82) is 0 Å². The van der Waals surface area contributed by atoms with E-state index in [0.29, 0.717) is 11.3 Å².